The van der Waals surface area contributed by atoms with Gasteiger partial charge < -0.3 is 23.8 Å². The fourth-order valence-electron chi connectivity index (χ4n) is 4.54. The average Bonchev–Trinajstić information content (AvgIpc) is 3.66. The lowest BCUT2D eigenvalue weighted by atomic mass is 10.2. The fraction of sp³-hybridized carbons (Fsp3) is 0.121. The number of halogens is 2. The standard InChI is InChI=1S/C33H27ClFN5O7/c1-20-3-4-21(2)39(20)25-9-11-26(12-10-25)45-18-27-13-14-30(47-27)33(42)38-36-17-22-15-28(34)32(29(16-22)40(43)44)46-19-31(41)37-24-7-5-23(35)6-8-24/h3-17H,18-19H2,1-2H3,(H,37,41)(H,38,42)/b36-17+. The van der Waals surface area contributed by atoms with Crippen molar-refractivity contribution in [3.05, 3.63) is 134 Å². The number of rotatable bonds is 12. The van der Waals surface area contributed by atoms with Gasteiger partial charge in [-0.2, -0.15) is 5.10 Å². The summed E-state index contributed by atoms with van der Waals surface area (Å²) in [6.07, 6.45) is 1.15. The summed E-state index contributed by atoms with van der Waals surface area (Å²) in [5.74, 6) is -1.11. The van der Waals surface area contributed by atoms with E-state index in [0.717, 1.165) is 41.5 Å². The molecule has 2 amide bonds. The summed E-state index contributed by atoms with van der Waals surface area (Å²) in [5, 5.41) is 17.8. The molecular formula is C33H27ClFN5O7. The number of aromatic nitrogens is 1. The van der Waals surface area contributed by atoms with E-state index in [2.05, 4.69) is 32.5 Å². The molecule has 3 aromatic carbocycles. The Kier molecular flexibility index (Phi) is 9.96. The topological polar surface area (TPSA) is 150 Å². The van der Waals surface area contributed by atoms with Crippen molar-refractivity contribution >= 4 is 41.0 Å². The molecule has 5 rings (SSSR count). The summed E-state index contributed by atoms with van der Waals surface area (Å²) in [4.78, 5) is 35.7. The van der Waals surface area contributed by atoms with Gasteiger partial charge in [0.25, 0.3) is 5.91 Å². The van der Waals surface area contributed by atoms with Crippen molar-refractivity contribution in [1.82, 2.24) is 9.99 Å². The number of carbonyl (C=O) groups excluding carboxylic acids is 2. The van der Waals surface area contributed by atoms with Crippen LogP contribution in [-0.2, 0) is 11.4 Å². The molecule has 0 radical (unpaired) electrons. The third kappa shape index (κ3) is 8.21. The number of furan rings is 1. The van der Waals surface area contributed by atoms with Gasteiger partial charge in [0, 0.05) is 34.4 Å². The van der Waals surface area contributed by atoms with Gasteiger partial charge in [0.15, 0.2) is 12.4 Å². The third-order valence-electron chi connectivity index (χ3n) is 6.73. The van der Waals surface area contributed by atoms with E-state index in [1.165, 1.54) is 24.3 Å². The molecule has 2 heterocycles. The minimum absolute atomic E-state index is 0.0265. The number of amides is 2. The summed E-state index contributed by atoms with van der Waals surface area (Å²) >= 11 is 6.22. The van der Waals surface area contributed by atoms with E-state index in [1.807, 2.05) is 38.1 Å². The van der Waals surface area contributed by atoms with Crippen LogP contribution in [0.3, 0.4) is 0 Å². The second-order valence-corrected chi connectivity index (χ2v) is 10.6. The van der Waals surface area contributed by atoms with Gasteiger partial charge in [-0.1, -0.05) is 11.6 Å². The molecule has 2 aromatic heterocycles. The van der Waals surface area contributed by atoms with Crippen molar-refractivity contribution in [1.29, 1.82) is 0 Å². The highest BCUT2D eigenvalue weighted by atomic mass is 35.5. The molecule has 14 heteroatoms. The van der Waals surface area contributed by atoms with E-state index in [1.54, 1.807) is 6.07 Å². The minimum Gasteiger partial charge on any atom is -0.486 e. The number of nitro benzene ring substituents is 1. The Bertz CT molecular complexity index is 1930. The maximum atomic E-state index is 13.1. The van der Waals surface area contributed by atoms with Crippen molar-refractivity contribution in [3.8, 4) is 17.2 Å². The molecule has 2 N–H and O–H groups in total. The predicted molar refractivity (Wildman–Crippen MR) is 172 cm³/mol. The number of nitrogens with zero attached hydrogens (tertiary/aromatic N) is 3. The quantitative estimate of drug-likeness (QED) is 0.0854. The Morgan fingerprint density at radius 3 is 2.38 bits per heavy atom. The van der Waals surface area contributed by atoms with Crippen LogP contribution in [0.4, 0.5) is 15.8 Å². The lowest BCUT2D eigenvalue weighted by Crippen LogP contribution is -2.20. The fourth-order valence-corrected chi connectivity index (χ4v) is 4.82. The highest BCUT2D eigenvalue weighted by Crippen LogP contribution is 2.36. The van der Waals surface area contributed by atoms with Crippen LogP contribution in [0.15, 0.2) is 94.4 Å². The number of aryl methyl sites for hydroxylation is 2. The first-order valence-corrected chi connectivity index (χ1v) is 14.4. The van der Waals surface area contributed by atoms with Crippen LogP contribution in [0.1, 0.15) is 33.3 Å². The van der Waals surface area contributed by atoms with Crippen LogP contribution in [0.2, 0.25) is 5.02 Å². The summed E-state index contributed by atoms with van der Waals surface area (Å²) in [6.45, 7) is 3.56. The third-order valence-corrected chi connectivity index (χ3v) is 7.01. The Morgan fingerprint density at radius 2 is 1.70 bits per heavy atom. The smallest absolute Gasteiger partial charge is 0.313 e. The average molecular weight is 660 g/mol. The van der Waals surface area contributed by atoms with Crippen LogP contribution in [0.25, 0.3) is 5.69 Å². The van der Waals surface area contributed by atoms with Crippen molar-refractivity contribution < 1.29 is 32.8 Å². The summed E-state index contributed by atoms with van der Waals surface area (Å²) in [5.41, 5.74) is 5.51. The van der Waals surface area contributed by atoms with E-state index in [4.69, 9.17) is 25.5 Å². The normalized spacial score (nSPS) is 11.0. The zero-order chi connectivity index (χ0) is 33.5. The summed E-state index contributed by atoms with van der Waals surface area (Å²) in [7, 11) is 0. The molecule has 0 spiro atoms. The van der Waals surface area contributed by atoms with Gasteiger partial charge >= 0.3 is 11.6 Å². The van der Waals surface area contributed by atoms with Crippen LogP contribution >= 0.6 is 11.6 Å². The Labute approximate surface area is 272 Å². The van der Waals surface area contributed by atoms with Gasteiger partial charge in [0.1, 0.15) is 23.9 Å². The van der Waals surface area contributed by atoms with E-state index in [9.17, 15) is 24.1 Å². The van der Waals surface area contributed by atoms with E-state index < -0.39 is 34.8 Å². The van der Waals surface area contributed by atoms with Crippen LogP contribution in [-0.4, -0.2) is 34.1 Å². The number of ether oxygens (including phenoxy) is 2. The Balaban J connectivity index is 1.14. The molecule has 0 aliphatic carbocycles. The predicted octanol–water partition coefficient (Wildman–Crippen LogP) is 6.75. The number of hydrazone groups is 1. The van der Waals surface area contributed by atoms with Crippen LogP contribution in [0, 0.1) is 29.8 Å². The van der Waals surface area contributed by atoms with Gasteiger partial charge in [-0.3, -0.25) is 19.7 Å². The maximum Gasteiger partial charge on any atom is 0.313 e. The first-order chi connectivity index (χ1) is 22.6. The van der Waals surface area contributed by atoms with Crippen LogP contribution < -0.4 is 20.2 Å². The Hall–Kier alpha value is -5.95. The van der Waals surface area contributed by atoms with Gasteiger partial charge in [-0.15, -0.1) is 0 Å². The SMILES string of the molecule is Cc1ccc(C)n1-c1ccc(OCc2ccc(C(=O)N/N=C/c3cc(Cl)c(OCC(=O)Nc4ccc(F)cc4)c([N+](=O)[O-])c3)o2)cc1. The second-order valence-electron chi connectivity index (χ2n) is 10.2. The molecule has 0 aliphatic heterocycles. The molecule has 47 heavy (non-hydrogen) atoms. The molecule has 0 fully saturated rings. The number of anilines is 1. The number of hydrogen-bond donors (Lipinski definition) is 2. The lowest BCUT2D eigenvalue weighted by molar-refractivity contribution is -0.385. The first-order valence-electron chi connectivity index (χ1n) is 14.0. The molecular weight excluding hydrogens is 633 g/mol. The van der Waals surface area contributed by atoms with Crippen molar-refractivity contribution in [2.45, 2.75) is 20.5 Å². The molecule has 240 valence electrons. The molecule has 5 aromatic rings. The van der Waals surface area contributed by atoms with E-state index in [-0.39, 0.29) is 28.7 Å². The van der Waals surface area contributed by atoms with Crippen molar-refractivity contribution in [2.75, 3.05) is 11.9 Å². The maximum absolute atomic E-state index is 13.1. The summed E-state index contributed by atoms with van der Waals surface area (Å²) < 4.78 is 31.9. The monoisotopic (exact) mass is 659 g/mol. The second kappa shape index (κ2) is 14.4. The number of nitro groups is 1. The van der Waals surface area contributed by atoms with E-state index in [0.29, 0.717) is 17.2 Å². The van der Waals surface area contributed by atoms with Crippen LogP contribution in [0.5, 0.6) is 11.5 Å². The molecule has 12 nitrogen and oxygen atoms in total. The molecule has 0 saturated heterocycles. The highest BCUT2D eigenvalue weighted by Gasteiger charge is 2.22. The largest absolute Gasteiger partial charge is 0.486 e. The molecule has 0 unspecified atom stereocenters. The van der Waals surface area contributed by atoms with Gasteiger partial charge in [0.05, 0.1) is 16.2 Å². The number of hydrogen-bond acceptors (Lipinski definition) is 8. The molecule has 0 bridgehead atoms. The lowest BCUT2D eigenvalue weighted by Gasteiger charge is -2.10. The zero-order valence-electron chi connectivity index (χ0n) is 25.0. The first kappa shape index (κ1) is 32.4. The van der Waals surface area contributed by atoms with Gasteiger partial charge in [-0.25, -0.2) is 9.82 Å². The van der Waals surface area contributed by atoms with Crippen molar-refractivity contribution in [3.63, 3.8) is 0 Å². The molecule has 0 aliphatic rings. The molecule has 0 atom stereocenters. The number of carbonyl (C=O) groups is 2. The number of benzene rings is 3. The van der Waals surface area contributed by atoms with Gasteiger partial charge in [0.2, 0.25) is 5.75 Å². The highest BCUT2D eigenvalue weighted by molar-refractivity contribution is 6.32. The van der Waals surface area contributed by atoms with Gasteiger partial charge in [-0.05, 0) is 92.7 Å². The molecule has 0 saturated carbocycles. The van der Waals surface area contributed by atoms with Crippen molar-refractivity contribution in [2.24, 2.45) is 5.10 Å². The Morgan fingerprint density at radius 1 is 1.00 bits per heavy atom. The van der Waals surface area contributed by atoms with E-state index >= 15 is 0 Å². The summed E-state index contributed by atoms with van der Waals surface area (Å²) in [6, 6.07) is 22.2. The zero-order valence-corrected chi connectivity index (χ0v) is 25.8. The minimum atomic E-state index is -0.736. The number of nitrogens with one attached hydrogen (secondary N) is 2.